The fourth-order valence-corrected chi connectivity index (χ4v) is 7.68. The Bertz CT molecular complexity index is 2190. The molecule has 248 valence electrons. The Kier molecular flexibility index (Phi) is 13.8. The van der Waals surface area contributed by atoms with Crippen molar-refractivity contribution in [3.05, 3.63) is 199 Å². The van der Waals surface area contributed by atoms with Gasteiger partial charge in [0.05, 0.1) is 0 Å². The van der Waals surface area contributed by atoms with Gasteiger partial charge in [-0.1, -0.05) is 174 Å². The molecule has 1 aliphatic carbocycles. The van der Waals surface area contributed by atoms with E-state index in [4.69, 9.17) is 17.0 Å². The minimum atomic E-state index is -0.826. The van der Waals surface area contributed by atoms with Crippen LogP contribution in [-0.2, 0) is 33.7 Å². The first-order chi connectivity index (χ1) is 25.2. The topological polar surface area (TPSA) is 0 Å². The number of hydrogen-bond acceptors (Lipinski definition) is 0. The minimum absolute atomic E-state index is 0.777. The van der Waals surface area contributed by atoms with E-state index in [0.717, 1.165) is 22.4 Å². The summed E-state index contributed by atoms with van der Waals surface area (Å²) in [5.41, 5.74) is 9.63. The molecule has 0 unspecified atom stereocenters. The molecule has 0 saturated carbocycles. The van der Waals surface area contributed by atoms with Crippen molar-refractivity contribution in [3.63, 3.8) is 0 Å². The van der Waals surface area contributed by atoms with Crippen LogP contribution in [0.4, 0.5) is 0 Å². The predicted molar refractivity (Wildman–Crippen MR) is 220 cm³/mol. The molecule has 51 heavy (non-hydrogen) atoms. The Hall–Kier alpha value is -3.91. The van der Waals surface area contributed by atoms with Crippen molar-refractivity contribution in [1.82, 2.24) is 0 Å². The van der Waals surface area contributed by atoms with E-state index >= 15 is 0 Å². The maximum atomic E-state index is 4.93. The molecule has 9 rings (SSSR count). The zero-order valence-corrected chi connectivity index (χ0v) is 33.6. The van der Waals surface area contributed by atoms with Crippen molar-refractivity contribution in [3.8, 4) is 22.3 Å². The van der Waals surface area contributed by atoms with Crippen LogP contribution in [0.5, 0.6) is 0 Å². The monoisotopic (exact) mass is 790 g/mol. The van der Waals surface area contributed by atoms with E-state index in [0.29, 0.717) is 0 Å². The van der Waals surface area contributed by atoms with Gasteiger partial charge >= 0.3 is 37.9 Å². The second-order valence-electron chi connectivity index (χ2n) is 12.3. The summed E-state index contributed by atoms with van der Waals surface area (Å²) in [5, 5.41) is 8.16. The number of fused-ring (bicyclic) bond motifs is 5. The van der Waals surface area contributed by atoms with Crippen LogP contribution < -0.4 is 10.4 Å². The molecule has 4 heteroatoms. The first kappa shape index (κ1) is 36.9. The van der Waals surface area contributed by atoms with Gasteiger partial charge in [-0.25, -0.2) is 0 Å². The van der Waals surface area contributed by atoms with E-state index in [1.165, 1.54) is 77.3 Å². The van der Waals surface area contributed by atoms with E-state index < -0.39 is 20.8 Å². The van der Waals surface area contributed by atoms with E-state index in [1.807, 2.05) is 6.07 Å². The molecule has 0 nitrogen and oxygen atoms in total. The molecule has 0 spiro atoms. The van der Waals surface area contributed by atoms with Crippen LogP contribution in [0.1, 0.15) is 30.0 Å². The Morgan fingerprint density at radius 2 is 1.18 bits per heavy atom. The molecule has 0 aliphatic heterocycles. The summed E-state index contributed by atoms with van der Waals surface area (Å²) in [6.45, 7) is 2.24. The summed E-state index contributed by atoms with van der Waals surface area (Å²) in [7, 11) is 10.6. The molecular formula is C47H38Cl2SiZr. The van der Waals surface area contributed by atoms with Crippen molar-refractivity contribution in [2.75, 3.05) is 0 Å². The minimum Gasteiger partial charge on any atom is -0.179 e. The molecule has 2 radical (unpaired) electrons. The van der Waals surface area contributed by atoms with E-state index in [9.17, 15) is 0 Å². The van der Waals surface area contributed by atoms with Gasteiger partial charge in [0.15, 0.2) is 0 Å². The molecule has 0 saturated heterocycles. The molecule has 0 aromatic heterocycles. The quantitative estimate of drug-likeness (QED) is 0.120. The van der Waals surface area contributed by atoms with E-state index in [-0.39, 0.29) is 0 Å². The van der Waals surface area contributed by atoms with Gasteiger partial charge in [-0.2, -0.15) is 35.9 Å². The summed E-state index contributed by atoms with van der Waals surface area (Å²) in [6.07, 6.45) is 3.40. The summed E-state index contributed by atoms with van der Waals surface area (Å²) in [6, 6.07) is 65.8. The molecule has 0 amide bonds. The zero-order valence-electron chi connectivity index (χ0n) is 28.6. The number of aryl methyl sites for hydroxylation is 1. The van der Waals surface area contributed by atoms with Crippen molar-refractivity contribution in [2.24, 2.45) is 0 Å². The molecule has 8 aromatic carbocycles. The molecule has 0 bridgehead atoms. The average Bonchev–Trinajstić information content (AvgIpc) is 3.78. The normalized spacial score (nSPS) is 10.7. The van der Waals surface area contributed by atoms with Gasteiger partial charge < -0.3 is 0 Å². The Labute approximate surface area is 324 Å². The van der Waals surface area contributed by atoms with E-state index in [2.05, 4.69) is 183 Å². The van der Waals surface area contributed by atoms with Gasteiger partial charge in [0.2, 0.25) is 0 Å². The zero-order chi connectivity index (χ0) is 35.3. The Morgan fingerprint density at radius 1 is 0.608 bits per heavy atom. The second kappa shape index (κ2) is 19.1. The maximum absolute atomic E-state index is 4.93. The molecule has 0 atom stereocenters. The van der Waals surface area contributed by atoms with Gasteiger partial charge in [-0.05, 0) is 29.2 Å². The van der Waals surface area contributed by atoms with Crippen molar-refractivity contribution >= 4 is 58.5 Å². The van der Waals surface area contributed by atoms with Gasteiger partial charge in [-0.3, -0.25) is 0 Å². The molecule has 1 aliphatic rings. The first-order valence-electron chi connectivity index (χ1n) is 17.3. The third kappa shape index (κ3) is 9.70. The van der Waals surface area contributed by atoms with Crippen LogP contribution in [0.25, 0.3) is 43.8 Å². The van der Waals surface area contributed by atoms with Gasteiger partial charge in [-0.15, -0.1) is 40.1 Å². The van der Waals surface area contributed by atoms with Crippen molar-refractivity contribution in [2.45, 2.75) is 26.2 Å². The van der Waals surface area contributed by atoms with Gasteiger partial charge in [0.1, 0.15) is 9.52 Å². The molecular weight excluding hydrogens is 755 g/mol. The number of benzene rings is 7. The molecule has 0 fully saturated rings. The number of hydrogen-bond donors (Lipinski definition) is 0. The third-order valence-electron chi connectivity index (χ3n) is 8.88. The SMILES string of the molecule is CCCc1cc2c(-c3cccc4ccccc34)cccc2[cH-]1.[Cl][Zr+2][Cl].[c-]1cccc2c1Cc1ccccc1-2.c1ccc([Si]c2ccccc2)cc1. The number of halogens is 2. The summed E-state index contributed by atoms with van der Waals surface area (Å²) in [5.74, 6) is 0. The van der Waals surface area contributed by atoms with Gasteiger partial charge in [0.25, 0.3) is 0 Å². The second-order valence-corrected chi connectivity index (χ2v) is 17.4. The number of rotatable bonds is 5. The maximum Gasteiger partial charge on any atom is 0.121 e. The van der Waals surface area contributed by atoms with Crippen LogP contribution in [0.15, 0.2) is 176 Å². The summed E-state index contributed by atoms with van der Waals surface area (Å²) < 4.78 is 0. The van der Waals surface area contributed by atoms with E-state index in [1.54, 1.807) is 0 Å². The molecule has 0 heterocycles. The Balaban J connectivity index is 0.000000133. The molecule has 0 N–H and O–H groups in total. The fourth-order valence-electron chi connectivity index (χ4n) is 6.63. The fraction of sp³-hybridized carbons (Fsp3) is 0.0851. The van der Waals surface area contributed by atoms with Crippen LogP contribution in [0.3, 0.4) is 0 Å². The largest absolute Gasteiger partial charge is 0.179 e. The van der Waals surface area contributed by atoms with Crippen LogP contribution in [0.2, 0.25) is 0 Å². The summed E-state index contributed by atoms with van der Waals surface area (Å²) >= 11 is -0.826. The smallest absolute Gasteiger partial charge is 0.121 e. The first-order valence-corrected chi connectivity index (χ1v) is 24.6. The standard InChI is InChI=1S/C22H19.C13H9.C12H10Si.2ClH.Zr/c1-2-7-16-14-18-10-6-13-21(22(18)15-16)20-12-5-9-17-8-3-4-11-19(17)20;1-3-7-12-10(5-1)9-11-6-2-4-8-13(11)12;1-3-7-11(8-4-1)13-12-9-5-2-6-10-12;;;/h3-6,8-15H,2,7H2,1H3;1-5,7-8H,9H2;1-10H;2*1H;/q2*-1;;;;+4/p-2. The third-order valence-corrected chi connectivity index (χ3v) is 10.1. The molecule has 8 aromatic rings. The van der Waals surface area contributed by atoms with Crippen molar-refractivity contribution in [1.29, 1.82) is 0 Å². The Morgan fingerprint density at radius 3 is 1.90 bits per heavy atom. The van der Waals surface area contributed by atoms with Crippen LogP contribution in [-0.4, -0.2) is 9.52 Å². The predicted octanol–water partition coefficient (Wildman–Crippen LogP) is 12.1. The average molecular weight is 793 g/mol. The summed E-state index contributed by atoms with van der Waals surface area (Å²) in [4.78, 5) is 0. The van der Waals surface area contributed by atoms with Crippen LogP contribution >= 0.6 is 17.0 Å². The van der Waals surface area contributed by atoms with Crippen LogP contribution in [0, 0.1) is 6.07 Å². The van der Waals surface area contributed by atoms with Gasteiger partial charge in [0, 0.05) is 0 Å². The van der Waals surface area contributed by atoms with Crippen molar-refractivity contribution < 1.29 is 20.8 Å².